The Morgan fingerprint density at radius 1 is 1.57 bits per heavy atom. The van der Waals surface area contributed by atoms with Crippen molar-refractivity contribution < 1.29 is 9.90 Å². The van der Waals surface area contributed by atoms with E-state index in [1.54, 1.807) is 0 Å². The number of aliphatic hydroxyl groups is 1. The van der Waals surface area contributed by atoms with E-state index in [2.05, 4.69) is 5.32 Å². The molecule has 1 rings (SSSR count). The first-order valence-electron chi connectivity index (χ1n) is 5.26. The van der Waals surface area contributed by atoms with Crippen LogP contribution in [0.1, 0.15) is 32.6 Å². The van der Waals surface area contributed by atoms with E-state index < -0.39 is 5.54 Å². The highest BCUT2D eigenvalue weighted by atomic mass is 16.3. The van der Waals surface area contributed by atoms with Crippen LogP contribution in [0.25, 0.3) is 0 Å². The van der Waals surface area contributed by atoms with Crippen molar-refractivity contribution >= 4 is 5.91 Å². The fraction of sp³-hybridized carbons (Fsp3) is 0.900. The third-order valence-electron chi connectivity index (χ3n) is 2.87. The van der Waals surface area contributed by atoms with Gasteiger partial charge in [-0.05, 0) is 18.8 Å². The number of hydrogen-bond donors (Lipinski definition) is 3. The number of nitrogens with one attached hydrogen (secondary N) is 1. The lowest BCUT2D eigenvalue weighted by Crippen LogP contribution is -2.52. The van der Waals surface area contributed by atoms with Crippen molar-refractivity contribution in [1.29, 1.82) is 0 Å². The molecule has 1 atom stereocenters. The zero-order chi connectivity index (χ0) is 10.6. The molecule has 82 valence electrons. The van der Waals surface area contributed by atoms with Gasteiger partial charge >= 0.3 is 0 Å². The molecule has 1 saturated carbocycles. The molecule has 1 aliphatic rings. The Hall–Kier alpha value is -0.610. The van der Waals surface area contributed by atoms with Gasteiger partial charge in [0.15, 0.2) is 0 Å². The van der Waals surface area contributed by atoms with Crippen LogP contribution in [0.2, 0.25) is 0 Å². The van der Waals surface area contributed by atoms with E-state index in [1.165, 1.54) is 0 Å². The molecule has 0 heterocycles. The fourth-order valence-corrected chi connectivity index (χ4v) is 1.74. The summed E-state index contributed by atoms with van der Waals surface area (Å²) in [6.45, 7) is 2.49. The van der Waals surface area contributed by atoms with E-state index >= 15 is 0 Å². The maximum Gasteiger partial charge on any atom is 0.240 e. The van der Waals surface area contributed by atoms with Crippen LogP contribution < -0.4 is 11.1 Å². The fourth-order valence-electron chi connectivity index (χ4n) is 1.74. The van der Waals surface area contributed by atoms with Crippen LogP contribution in [-0.2, 0) is 4.79 Å². The molecule has 1 fully saturated rings. The molecular formula is C10H20N2O2. The minimum Gasteiger partial charge on any atom is -0.396 e. The van der Waals surface area contributed by atoms with E-state index in [1.807, 2.05) is 6.92 Å². The van der Waals surface area contributed by atoms with Crippen LogP contribution in [0.4, 0.5) is 0 Å². The summed E-state index contributed by atoms with van der Waals surface area (Å²) in [5.74, 6) is 0.0410. The Bertz CT molecular complexity index is 200. The van der Waals surface area contributed by atoms with Gasteiger partial charge in [-0.3, -0.25) is 4.79 Å². The molecule has 0 aromatic carbocycles. The number of hydrogen-bond acceptors (Lipinski definition) is 3. The Balaban J connectivity index is 2.34. The van der Waals surface area contributed by atoms with Gasteiger partial charge in [-0.15, -0.1) is 0 Å². The molecule has 14 heavy (non-hydrogen) atoms. The van der Waals surface area contributed by atoms with Crippen LogP contribution >= 0.6 is 0 Å². The summed E-state index contributed by atoms with van der Waals surface area (Å²) in [5.41, 5.74) is 5.31. The van der Waals surface area contributed by atoms with Crippen molar-refractivity contribution in [2.45, 2.75) is 38.1 Å². The lowest BCUT2D eigenvalue weighted by molar-refractivity contribution is -0.126. The molecule has 0 aromatic heterocycles. The first-order valence-corrected chi connectivity index (χ1v) is 5.26. The third kappa shape index (κ3) is 2.69. The minimum absolute atomic E-state index is 0.0599. The van der Waals surface area contributed by atoms with E-state index in [-0.39, 0.29) is 18.4 Å². The van der Waals surface area contributed by atoms with Crippen molar-refractivity contribution in [2.24, 2.45) is 11.7 Å². The number of nitrogens with two attached hydrogens (primary N) is 1. The molecule has 0 saturated heterocycles. The molecule has 1 aliphatic carbocycles. The van der Waals surface area contributed by atoms with E-state index in [0.717, 1.165) is 25.7 Å². The summed E-state index contributed by atoms with van der Waals surface area (Å²) in [5, 5.41) is 11.6. The summed E-state index contributed by atoms with van der Waals surface area (Å²) in [7, 11) is 0. The Morgan fingerprint density at radius 2 is 2.14 bits per heavy atom. The second-order valence-corrected chi connectivity index (χ2v) is 4.36. The lowest BCUT2D eigenvalue weighted by Gasteiger charge is -2.23. The molecule has 0 bridgehead atoms. The summed E-state index contributed by atoms with van der Waals surface area (Å²) < 4.78 is 0. The highest BCUT2D eigenvalue weighted by Crippen LogP contribution is 2.27. The van der Waals surface area contributed by atoms with Gasteiger partial charge < -0.3 is 16.2 Å². The molecule has 1 unspecified atom stereocenters. The lowest BCUT2D eigenvalue weighted by atomic mass is 9.98. The van der Waals surface area contributed by atoms with Gasteiger partial charge in [0.1, 0.15) is 0 Å². The number of rotatable bonds is 4. The van der Waals surface area contributed by atoms with Crippen molar-refractivity contribution in [1.82, 2.24) is 5.32 Å². The Labute approximate surface area is 84.9 Å². The normalized spacial score (nSPS) is 21.9. The Kier molecular flexibility index (Phi) is 3.89. The van der Waals surface area contributed by atoms with Gasteiger partial charge in [0, 0.05) is 13.2 Å². The quantitative estimate of drug-likeness (QED) is 0.598. The smallest absolute Gasteiger partial charge is 0.240 e. The molecule has 4 nitrogen and oxygen atoms in total. The highest BCUT2D eigenvalue weighted by Gasteiger charge is 2.36. The monoisotopic (exact) mass is 200 g/mol. The van der Waals surface area contributed by atoms with Crippen LogP contribution in [0, 0.1) is 5.92 Å². The van der Waals surface area contributed by atoms with Crippen LogP contribution in [0.5, 0.6) is 0 Å². The molecule has 0 spiro atoms. The number of carbonyl (C=O) groups is 1. The predicted molar refractivity (Wildman–Crippen MR) is 54.6 cm³/mol. The maximum absolute atomic E-state index is 11.7. The first kappa shape index (κ1) is 11.5. The number of carbonyl (C=O) groups excluding carboxylic acids is 1. The molecule has 4 N–H and O–H groups in total. The minimum atomic E-state index is -0.644. The topological polar surface area (TPSA) is 75.3 Å². The summed E-state index contributed by atoms with van der Waals surface area (Å²) in [6.07, 6.45) is 3.65. The molecule has 0 aliphatic heterocycles. The average Bonchev–Trinajstić information content (AvgIpc) is 2.62. The molecule has 4 heteroatoms. The van der Waals surface area contributed by atoms with Crippen molar-refractivity contribution in [3.63, 3.8) is 0 Å². The van der Waals surface area contributed by atoms with Crippen LogP contribution in [-0.4, -0.2) is 29.7 Å². The molecule has 1 amide bonds. The zero-order valence-electron chi connectivity index (χ0n) is 8.75. The second-order valence-electron chi connectivity index (χ2n) is 4.36. The number of aliphatic hydroxyl groups excluding tert-OH is 1. The van der Waals surface area contributed by atoms with Gasteiger partial charge in [0.25, 0.3) is 0 Å². The summed E-state index contributed by atoms with van der Waals surface area (Å²) >= 11 is 0. The van der Waals surface area contributed by atoms with E-state index in [4.69, 9.17) is 10.8 Å². The van der Waals surface area contributed by atoms with Crippen molar-refractivity contribution in [2.75, 3.05) is 13.2 Å². The zero-order valence-corrected chi connectivity index (χ0v) is 8.75. The third-order valence-corrected chi connectivity index (χ3v) is 2.87. The highest BCUT2D eigenvalue weighted by molar-refractivity contribution is 5.86. The molecular weight excluding hydrogens is 180 g/mol. The Morgan fingerprint density at radius 3 is 2.64 bits per heavy atom. The summed E-state index contributed by atoms with van der Waals surface area (Å²) in [4.78, 5) is 11.7. The number of amides is 1. The molecule has 0 aromatic rings. The van der Waals surface area contributed by atoms with Gasteiger partial charge in [-0.2, -0.15) is 0 Å². The predicted octanol–water partition coefficient (Wildman–Crippen LogP) is 0.00250. The van der Waals surface area contributed by atoms with Crippen LogP contribution in [0.15, 0.2) is 0 Å². The molecule has 0 radical (unpaired) electrons. The first-order chi connectivity index (χ1) is 6.58. The second kappa shape index (κ2) is 4.75. The van der Waals surface area contributed by atoms with Crippen LogP contribution in [0.3, 0.4) is 0 Å². The van der Waals surface area contributed by atoms with Crippen molar-refractivity contribution in [3.05, 3.63) is 0 Å². The summed E-state index contributed by atoms with van der Waals surface area (Å²) in [6, 6.07) is 0. The van der Waals surface area contributed by atoms with Crippen molar-refractivity contribution in [3.8, 4) is 0 Å². The van der Waals surface area contributed by atoms with E-state index in [9.17, 15) is 4.79 Å². The van der Waals surface area contributed by atoms with Gasteiger partial charge in [0.2, 0.25) is 5.91 Å². The van der Waals surface area contributed by atoms with Gasteiger partial charge in [-0.1, -0.05) is 19.8 Å². The van der Waals surface area contributed by atoms with Gasteiger partial charge in [0.05, 0.1) is 5.54 Å². The largest absolute Gasteiger partial charge is 0.396 e. The van der Waals surface area contributed by atoms with Gasteiger partial charge in [-0.25, -0.2) is 0 Å². The maximum atomic E-state index is 11.7. The average molecular weight is 200 g/mol. The standard InChI is InChI=1S/C10H20N2O2/c1-8(7-13)6-12-9(14)10(11)4-2-3-5-10/h8,13H,2-7,11H2,1H3,(H,12,14). The SMILES string of the molecule is CC(CO)CNC(=O)C1(N)CCCC1. The van der Waals surface area contributed by atoms with E-state index in [0.29, 0.717) is 6.54 Å².